The Balaban J connectivity index is 4.76. The third-order valence-electron chi connectivity index (χ3n) is 6.21. The van der Waals surface area contributed by atoms with Crippen LogP contribution in [0.1, 0.15) is 53.4 Å². The molecule has 0 aromatic rings. The first-order valence-electron chi connectivity index (χ1n) is 12.0. The Bertz CT molecular complexity index is 660. The van der Waals surface area contributed by atoms with Gasteiger partial charge in [0.15, 0.2) is 8.32 Å². The third kappa shape index (κ3) is 11.9. The minimum absolute atomic E-state index is 0.0582. The second-order valence-corrected chi connectivity index (χ2v) is 23.9. The number of ether oxygens (including phenoxy) is 1. The molecule has 0 bridgehead atoms. The molecule has 0 aliphatic rings. The molecule has 7 nitrogen and oxygen atoms in total. The van der Waals surface area contributed by atoms with Gasteiger partial charge in [-0.2, -0.15) is 0 Å². The lowest BCUT2D eigenvalue weighted by Crippen LogP contribution is -2.62. The second-order valence-electron chi connectivity index (χ2n) is 10.9. The molecular formula is C23H48O7Si3. The molecule has 0 saturated carbocycles. The summed E-state index contributed by atoms with van der Waals surface area (Å²) in [6.07, 6.45) is 2.50. The first-order valence-corrected chi connectivity index (χ1v) is 21.0. The number of esters is 1. The molecule has 0 aliphatic carbocycles. The van der Waals surface area contributed by atoms with Crippen molar-refractivity contribution in [2.75, 3.05) is 13.2 Å². The van der Waals surface area contributed by atoms with E-state index >= 15 is 0 Å². The van der Waals surface area contributed by atoms with Crippen LogP contribution in [0.4, 0.5) is 0 Å². The number of hydrogen-bond acceptors (Lipinski definition) is 6. The Labute approximate surface area is 204 Å². The highest BCUT2D eigenvalue weighted by molar-refractivity contribution is 6.79. The van der Waals surface area contributed by atoms with Gasteiger partial charge in [-0.15, -0.1) is 0 Å². The van der Waals surface area contributed by atoms with E-state index in [1.165, 1.54) is 18.9 Å². The van der Waals surface area contributed by atoms with Crippen LogP contribution in [-0.2, 0) is 27.6 Å². The molecule has 1 atom stereocenters. The molecule has 0 aromatic carbocycles. The summed E-state index contributed by atoms with van der Waals surface area (Å²) in [7, 11) is -6.13. The molecule has 33 heavy (non-hydrogen) atoms. The van der Waals surface area contributed by atoms with Gasteiger partial charge in [-0.25, -0.2) is 4.79 Å². The average molecular weight is 521 g/mol. The lowest BCUT2D eigenvalue weighted by Gasteiger charge is -2.46. The van der Waals surface area contributed by atoms with Gasteiger partial charge in [-0.1, -0.05) is 26.3 Å². The van der Waals surface area contributed by atoms with E-state index in [0.717, 1.165) is 0 Å². The monoisotopic (exact) mass is 520 g/mol. The summed E-state index contributed by atoms with van der Waals surface area (Å²) in [4.78, 5) is 22.4. The molecule has 0 rings (SSSR count). The van der Waals surface area contributed by atoms with E-state index in [9.17, 15) is 9.59 Å². The average Bonchev–Trinajstić information content (AvgIpc) is 2.64. The summed E-state index contributed by atoms with van der Waals surface area (Å²) < 4.78 is 24.8. The van der Waals surface area contributed by atoms with E-state index in [4.69, 9.17) is 23.1 Å². The topological polar surface area (TPSA) is 91.3 Å². The van der Waals surface area contributed by atoms with Gasteiger partial charge in [0, 0.05) is 18.6 Å². The molecule has 0 heterocycles. The number of unbranched alkanes of at least 4 members (excludes halogenated alkanes) is 1. The van der Waals surface area contributed by atoms with Crippen molar-refractivity contribution in [3.05, 3.63) is 12.2 Å². The van der Waals surface area contributed by atoms with E-state index in [2.05, 4.69) is 73.6 Å². The van der Waals surface area contributed by atoms with Crippen LogP contribution >= 0.6 is 0 Å². The summed E-state index contributed by atoms with van der Waals surface area (Å²) in [5.74, 6) is -1.78. The highest BCUT2D eigenvalue weighted by atomic mass is 28.4. The van der Waals surface area contributed by atoms with E-state index in [1.807, 2.05) is 0 Å². The van der Waals surface area contributed by atoms with Gasteiger partial charge in [0.2, 0.25) is 16.6 Å². The quantitative estimate of drug-likeness (QED) is 0.114. The third-order valence-corrected chi connectivity index (χ3v) is 16.2. The maximum atomic E-state index is 11.7. The minimum atomic E-state index is -2.25. The SMILES string of the molecule is C=C(CC(=O)O)C(=O)OCCCO[Si](C)(C)C(C)(C)O[Si](C)(C)C(C)O[Si](C)(C)CCCC. The van der Waals surface area contributed by atoms with Crippen LogP contribution in [0.2, 0.25) is 45.3 Å². The molecule has 10 heteroatoms. The van der Waals surface area contributed by atoms with E-state index in [-0.39, 0.29) is 17.9 Å². The van der Waals surface area contributed by atoms with Crippen molar-refractivity contribution in [2.24, 2.45) is 0 Å². The highest BCUT2D eigenvalue weighted by Crippen LogP contribution is 2.32. The second kappa shape index (κ2) is 13.3. The Morgan fingerprint density at radius 1 is 1.03 bits per heavy atom. The molecule has 0 fully saturated rings. The molecular weight excluding hydrogens is 473 g/mol. The predicted molar refractivity (Wildman–Crippen MR) is 141 cm³/mol. The first kappa shape index (κ1) is 32.2. The van der Waals surface area contributed by atoms with Gasteiger partial charge in [0.1, 0.15) is 0 Å². The maximum absolute atomic E-state index is 11.7. The van der Waals surface area contributed by atoms with Gasteiger partial charge in [0.25, 0.3) is 0 Å². The zero-order chi connectivity index (χ0) is 26.1. The molecule has 0 radical (unpaired) electrons. The fourth-order valence-corrected chi connectivity index (χ4v) is 11.9. The number of carboxylic acid groups (broad SMARTS) is 1. The van der Waals surface area contributed by atoms with E-state index < -0.39 is 48.5 Å². The van der Waals surface area contributed by atoms with Gasteiger partial charge in [-0.05, 0) is 66.1 Å². The van der Waals surface area contributed by atoms with Crippen LogP contribution in [0.25, 0.3) is 0 Å². The van der Waals surface area contributed by atoms with Crippen LogP contribution in [0, 0.1) is 0 Å². The van der Waals surface area contributed by atoms with Crippen molar-refractivity contribution in [3.63, 3.8) is 0 Å². The molecule has 0 spiro atoms. The van der Waals surface area contributed by atoms with Crippen LogP contribution in [0.3, 0.4) is 0 Å². The van der Waals surface area contributed by atoms with Gasteiger partial charge < -0.3 is 23.1 Å². The standard InChI is InChI=1S/C23H48O7Si3/c1-12-13-17-31(6,7)29-20(3)32(8,9)30-23(4,5)33(10,11)28-16-14-15-27-22(26)19(2)18-21(24)25/h20H,2,12-18H2,1,3-11H3,(H,24,25). The van der Waals surface area contributed by atoms with E-state index in [0.29, 0.717) is 13.0 Å². The van der Waals surface area contributed by atoms with Crippen molar-refractivity contribution < 1.29 is 32.7 Å². The first-order chi connectivity index (χ1) is 14.9. The normalized spacial score (nSPS) is 14.1. The van der Waals surface area contributed by atoms with E-state index in [1.54, 1.807) is 0 Å². The lowest BCUT2D eigenvalue weighted by molar-refractivity contribution is -0.143. The molecule has 1 N–H and O–H groups in total. The Morgan fingerprint density at radius 3 is 2.12 bits per heavy atom. The smallest absolute Gasteiger partial charge is 0.333 e. The molecule has 0 aromatic heterocycles. The van der Waals surface area contributed by atoms with Crippen molar-refractivity contribution in [1.29, 1.82) is 0 Å². The molecule has 194 valence electrons. The van der Waals surface area contributed by atoms with Crippen LogP contribution in [-0.4, -0.2) is 66.2 Å². The summed E-state index contributed by atoms with van der Waals surface area (Å²) in [5, 5.41) is 8.30. The molecule has 0 aliphatic heterocycles. The van der Waals surface area contributed by atoms with Crippen LogP contribution in [0.5, 0.6) is 0 Å². The van der Waals surface area contributed by atoms with Crippen molar-refractivity contribution in [1.82, 2.24) is 0 Å². The summed E-state index contributed by atoms with van der Waals surface area (Å²) in [6.45, 7) is 25.9. The zero-order valence-electron chi connectivity index (χ0n) is 22.6. The summed E-state index contributed by atoms with van der Waals surface area (Å²) >= 11 is 0. The number of hydrogen-bond donors (Lipinski definition) is 1. The summed E-state index contributed by atoms with van der Waals surface area (Å²) in [6, 6.07) is 1.17. The predicted octanol–water partition coefficient (Wildman–Crippen LogP) is 5.66. The van der Waals surface area contributed by atoms with Crippen molar-refractivity contribution in [3.8, 4) is 0 Å². The van der Waals surface area contributed by atoms with Crippen molar-refractivity contribution in [2.45, 2.75) is 110 Å². The Kier molecular flexibility index (Phi) is 13.0. The lowest BCUT2D eigenvalue weighted by atomic mass is 10.2. The van der Waals surface area contributed by atoms with Gasteiger partial charge >= 0.3 is 11.9 Å². The number of carbonyl (C=O) groups is 2. The number of carbonyl (C=O) groups excluding carboxylic acids is 1. The number of aliphatic carboxylic acids is 1. The number of rotatable bonds is 17. The van der Waals surface area contributed by atoms with Crippen molar-refractivity contribution >= 4 is 36.9 Å². The number of carboxylic acids is 1. The fraction of sp³-hybridized carbons (Fsp3) is 0.826. The van der Waals surface area contributed by atoms with Crippen LogP contribution < -0.4 is 0 Å². The summed E-state index contributed by atoms with van der Waals surface area (Å²) in [5.41, 5.74) is 0.0375. The van der Waals surface area contributed by atoms with Crippen LogP contribution in [0.15, 0.2) is 12.2 Å². The molecule has 1 unspecified atom stereocenters. The highest BCUT2D eigenvalue weighted by Gasteiger charge is 2.48. The fourth-order valence-electron chi connectivity index (χ4n) is 3.23. The van der Waals surface area contributed by atoms with Gasteiger partial charge in [0.05, 0.1) is 24.0 Å². The Hall–Kier alpha value is -0.789. The minimum Gasteiger partial charge on any atom is -0.481 e. The maximum Gasteiger partial charge on any atom is 0.333 e. The molecule has 0 amide bonds. The molecule has 0 saturated heterocycles. The van der Waals surface area contributed by atoms with Gasteiger partial charge in [-0.3, -0.25) is 4.79 Å². The zero-order valence-corrected chi connectivity index (χ0v) is 25.6. The Morgan fingerprint density at radius 2 is 1.61 bits per heavy atom. The largest absolute Gasteiger partial charge is 0.481 e.